The van der Waals surface area contributed by atoms with Gasteiger partial charge in [-0.2, -0.15) is 24.5 Å². The molecule has 3 rings (SSSR count). The molecule has 3 atom stereocenters. The molecule has 0 aromatic carbocycles. The zero-order valence-electron chi connectivity index (χ0n) is 9.91. The van der Waals surface area contributed by atoms with E-state index in [1.165, 1.54) is 18.2 Å². The van der Waals surface area contributed by atoms with Crippen molar-refractivity contribution < 1.29 is 13.2 Å². The van der Waals surface area contributed by atoms with E-state index in [4.69, 9.17) is 5.73 Å². The molecule has 2 aliphatic carbocycles. The van der Waals surface area contributed by atoms with E-state index in [1.807, 2.05) is 0 Å². The standard InChI is InChI=1S/C13H16F3NS/c14-13(15,16)10-6-18-5-9(10)12(17)11-7-3-1-2-4-8(7)11/h5-8,11-12H,1-4,17H2. The summed E-state index contributed by atoms with van der Waals surface area (Å²) in [5.41, 5.74) is 5.90. The van der Waals surface area contributed by atoms with E-state index >= 15 is 0 Å². The molecule has 100 valence electrons. The van der Waals surface area contributed by atoms with E-state index in [0.717, 1.165) is 24.2 Å². The lowest BCUT2D eigenvalue weighted by atomic mass is 10.00. The highest BCUT2D eigenvalue weighted by Gasteiger charge is 2.54. The zero-order chi connectivity index (χ0) is 12.9. The molecule has 1 heterocycles. The lowest BCUT2D eigenvalue weighted by Crippen LogP contribution is -2.18. The van der Waals surface area contributed by atoms with E-state index in [2.05, 4.69) is 0 Å². The Hall–Kier alpha value is -0.550. The van der Waals surface area contributed by atoms with Crippen LogP contribution in [0.15, 0.2) is 10.8 Å². The molecule has 0 aliphatic heterocycles. The summed E-state index contributed by atoms with van der Waals surface area (Å²) in [5, 5.41) is 2.76. The van der Waals surface area contributed by atoms with Crippen molar-refractivity contribution in [2.45, 2.75) is 37.9 Å². The number of nitrogens with two attached hydrogens (primary N) is 1. The summed E-state index contributed by atoms with van der Waals surface area (Å²) in [4.78, 5) is 0. The molecule has 1 aromatic rings. The molecule has 1 aromatic heterocycles. The van der Waals surface area contributed by atoms with Crippen molar-refractivity contribution in [1.82, 2.24) is 0 Å². The Kier molecular flexibility index (Phi) is 2.94. The number of rotatable bonds is 2. The van der Waals surface area contributed by atoms with Crippen LogP contribution in [-0.4, -0.2) is 0 Å². The van der Waals surface area contributed by atoms with Gasteiger partial charge in [-0.3, -0.25) is 0 Å². The molecule has 0 spiro atoms. The zero-order valence-corrected chi connectivity index (χ0v) is 10.7. The van der Waals surface area contributed by atoms with Crippen LogP contribution >= 0.6 is 11.3 Å². The van der Waals surface area contributed by atoms with Gasteiger partial charge in [0.2, 0.25) is 0 Å². The summed E-state index contributed by atoms with van der Waals surface area (Å²) in [5.74, 6) is 1.44. The van der Waals surface area contributed by atoms with Gasteiger partial charge in [0, 0.05) is 11.4 Å². The number of hydrogen-bond acceptors (Lipinski definition) is 2. The number of halogens is 3. The van der Waals surface area contributed by atoms with Gasteiger partial charge in [0.1, 0.15) is 0 Å². The van der Waals surface area contributed by atoms with E-state index in [0.29, 0.717) is 17.4 Å². The summed E-state index contributed by atoms with van der Waals surface area (Å²) in [6.07, 6.45) is 0.441. The first kappa shape index (κ1) is 12.5. The maximum Gasteiger partial charge on any atom is 0.417 e. The molecule has 2 aliphatic rings. The van der Waals surface area contributed by atoms with Crippen molar-refractivity contribution >= 4 is 11.3 Å². The van der Waals surface area contributed by atoms with Gasteiger partial charge in [-0.05, 0) is 41.5 Å². The Morgan fingerprint density at radius 1 is 1.17 bits per heavy atom. The molecule has 18 heavy (non-hydrogen) atoms. The van der Waals surface area contributed by atoms with Gasteiger partial charge < -0.3 is 5.73 Å². The van der Waals surface area contributed by atoms with Crippen LogP contribution in [0.5, 0.6) is 0 Å². The second-order valence-electron chi connectivity index (χ2n) is 5.45. The monoisotopic (exact) mass is 275 g/mol. The minimum Gasteiger partial charge on any atom is -0.324 e. The second-order valence-corrected chi connectivity index (χ2v) is 6.20. The molecule has 1 nitrogen and oxygen atoms in total. The fourth-order valence-electron chi connectivity index (χ4n) is 3.58. The first-order chi connectivity index (χ1) is 8.50. The molecule has 2 fully saturated rings. The Bertz CT molecular complexity index is 428. The van der Waals surface area contributed by atoms with Crippen molar-refractivity contribution in [1.29, 1.82) is 0 Å². The average molecular weight is 275 g/mol. The largest absolute Gasteiger partial charge is 0.417 e. The van der Waals surface area contributed by atoms with Crippen molar-refractivity contribution in [3.05, 3.63) is 21.9 Å². The highest BCUT2D eigenvalue weighted by atomic mass is 32.1. The molecule has 0 saturated heterocycles. The van der Waals surface area contributed by atoms with Gasteiger partial charge in [-0.15, -0.1) is 0 Å². The van der Waals surface area contributed by atoms with Crippen molar-refractivity contribution in [3.63, 3.8) is 0 Å². The van der Waals surface area contributed by atoms with E-state index < -0.39 is 17.8 Å². The van der Waals surface area contributed by atoms with Gasteiger partial charge in [-0.1, -0.05) is 12.8 Å². The van der Waals surface area contributed by atoms with Crippen LogP contribution in [0.1, 0.15) is 42.9 Å². The van der Waals surface area contributed by atoms with Gasteiger partial charge in [0.15, 0.2) is 0 Å². The van der Waals surface area contributed by atoms with Crippen molar-refractivity contribution in [2.24, 2.45) is 23.5 Å². The number of hydrogen-bond donors (Lipinski definition) is 1. The van der Waals surface area contributed by atoms with Crippen LogP contribution in [-0.2, 0) is 6.18 Å². The SMILES string of the molecule is NC(c1cscc1C(F)(F)F)C1C2CCCCC21. The van der Waals surface area contributed by atoms with Gasteiger partial charge in [0.05, 0.1) is 5.56 Å². The van der Waals surface area contributed by atoms with Crippen molar-refractivity contribution in [3.8, 4) is 0 Å². The van der Waals surface area contributed by atoms with Crippen LogP contribution in [0, 0.1) is 17.8 Å². The molecule has 0 amide bonds. The summed E-state index contributed by atoms with van der Waals surface area (Å²) in [6, 6.07) is -0.430. The first-order valence-corrected chi connectivity index (χ1v) is 7.33. The van der Waals surface area contributed by atoms with Crippen LogP contribution < -0.4 is 5.73 Å². The minimum atomic E-state index is -4.27. The maximum absolute atomic E-state index is 12.8. The third-order valence-corrected chi connectivity index (χ3v) is 5.26. The number of fused-ring (bicyclic) bond motifs is 1. The highest BCUT2D eigenvalue weighted by Crippen LogP contribution is 2.60. The van der Waals surface area contributed by atoms with Crippen LogP contribution in [0.2, 0.25) is 0 Å². The van der Waals surface area contributed by atoms with Crippen molar-refractivity contribution in [2.75, 3.05) is 0 Å². The van der Waals surface area contributed by atoms with Gasteiger partial charge in [-0.25, -0.2) is 0 Å². The molecular formula is C13H16F3NS. The van der Waals surface area contributed by atoms with Gasteiger partial charge in [0.25, 0.3) is 0 Å². The van der Waals surface area contributed by atoms with Crippen LogP contribution in [0.3, 0.4) is 0 Å². The lowest BCUT2D eigenvalue weighted by Gasteiger charge is -2.14. The third-order valence-electron chi connectivity index (χ3n) is 4.49. The summed E-state index contributed by atoms with van der Waals surface area (Å²) < 4.78 is 38.5. The lowest BCUT2D eigenvalue weighted by molar-refractivity contribution is -0.138. The minimum absolute atomic E-state index is 0.281. The summed E-state index contributed by atoms with van der Waals surface area (Å²) in [6.45, 7) is 0. The van der Waals surface area contributed by atoms with E-state index in [1.54, 1.807) is 5.38 Å². The third kappa shape index (κ3) is 1.97. The predicted molar refractivity (Wildman–Crippen MR) is 65.2 cm³/mol. The first-order valence-electron chi connectivity index (χ1n) is 6.39. The predicted octanol–water partition coefficient (Wildman–Crippen LogP) is 4.20. The Labute approximate surface area is 108 Å². The molecule has 2 N–H and O–H groups in total. The fraction of sp³-hybridized carbons (Fsp3) is 0.692. The normalized spacial score (nSPS) is 33.0. The Morgan fingerprint density at radius 3 is 2.33 bits per heavy atom. The number of alkyl halides is 3. The molecule has 5 heteroatoms. The van der Waals surface area contributed by atoms with Crippen LogP contribution in [0.4, 0.5) is 13.2 Å². The summed E-state index contributed by atoms with van der Waals surface area (Å²) >= 11 is 1.10. The fourth-order valence-corrected chi connectivity index (χ4v) is 4.49. The quantitative estimate of drug-likeness (QED) is 0.860. The Balaban J connectivity index is 1.81. The maximum atomic E-state index is 12.8. The Morgan fingerprint density at radius 2 is 1.78 bits per heavy atom. The molecule has 2 saturated carbocycles. The van der Waals surface area contributed by atoms with Gasteiger partial charge >= 0.3 is 6.18 Å². The smallest absolute Gasteiger partial charge is 0.324 e. The molecule has 0 bridgehead atoms. The van der Waals surface area contributed by atoms with Crippen LogP contribution in [0.25, 0.3) is 0 Å². The molecular weight excluding hydrogens is 259 g/mol. The highest BCUT2D eigenvalue weighted by molar-refractivity contribution is 7.08. The van der Waals surface area contributed by atoms with E-state index in [9.17, 15) is 13.2 Å². The average Bonchev–Trinajstić information content (AvgIpc) is 2.81. The topological polar surface area (TPSA) is 26.0 Å². The molecule has 3 unspecified atom stereocenters. The number of thiophene rings is 1. The molecule has 0 radical (unpaired) electrons. The summed E-state index contributed by atoms with van der Waals surface area (Å²) in [7, 11) is 0. The second kappa shape index (κ2) is 4.23. The van der Waals surface area contributed by atoms with E-state index in [-0.39, 0.29) is 5.92 Å².